The van der Waals surface area contributed by atoms with Crippen molar-refractivity contribution < 1.29 is 4.39 Å². The van der Waals surface area contributed by atoms with E-state index in [1.54, 1.807) is 12.3 Å². The summed E-state index contributed by atoms with van der Waals surface area (Å²) in [5.74, 6) is 0.277. The molecular formula is C23H23Cl3FN7. The summed E-state index contributed by atoms with van der Waals surface area (Å²) in [6, 6.07) is 8.48. The lowest BCUT2D eigenvalue weighted by molar-refractivity contribution is 0.453. The Morgan fingerprint density at radius 1 is 1.00 bits per heavy atom. The first-order chi connectivity index (χ1) is 15.2. The fourth-order valence-corrected chi connectivity index (χ4v) is 4.22. The zero-order chi connectivity index (χ0) is 21.4. The molecule has 0 radical (unpaired) electrons. The lowest BCUT2D eigenvalue weighted by atomic mass is 9.90. The van der Waals surface area contributed by atoms with Crippen LogP contribution in [0, 0.1) is 17.1 Å². The Morgan fingerprint density at radius 3 is 2.50 bits per heavy atom. The van der Waals surface area contributed by atoms with Gasteiger partial charge >= 0.3 is 0 Å². The Kier molecular flexibility index (Phi) is 9.19. The lowest BCUT2D eigenvalue weighted by Gasteiger charge is -2.22. The molecule has 4 heterocycles. The van der Waals surface area contributed by atoms with Gasteiger partial charge in [0.05, 0.1) is 23.0 Å². The van der Waals surface area contributed by atoms with Crippen LogP contribution >= 0.6 is 37.2 Å². The van der Waals surface area contributed by atoms with Crippen LogP contribution in [0.1, 0.15) is 30.0 Å². The third kappa shape index (κ3) is 4.93. The van der Waals surface area contributed by atoms with Gasteiger partial charge in [-0.3, -0.25) is 10.1 Å². The molecule has 1 aliphatic rings. The number of nitrogens with two attached hydrogens (primary N) is 1. The Hall–Kier alpha value is -2.96. The number of rotatable bonds is 3. The summed E-state index contributed by atoms with van der Waals surface area (Å²) >= 11 is 0. The molecule has 3 aromatic heterocycles. The highest BCUT2D eigenvalue weighted by atomic mass is 35.5. The van der Waals surface area contributed by atoms with Gasteiger partial charge in [0.15, 0.2) is 0 Å². The van der Waals surface area contributed by atoms with E-state index in [-0.39, 0.29) is 37.2 Å². The second-order valence-electron chi connectivity index (χ2n) is 7.69. The minimum absolute atomic E-state index is 0. The van der Waals surface area contributed by atoms with Gasteiger partial charge in [0.25, 0.3) is 0 Å². The summed E-state index contributed by atoms with van der Waals surface area (Å²) in [6.07, 6.45) is 7.11. The standard InChI is InChI=1S/C23H20FN7.3ClH/c24-20-2-1-14(9-25)16-8-21(28-11-19(16)20)17-7-15(10-29-23(17)26)18-12-30-31-22(18)13-3-5-27-6-4-13;;;/h1-2,7-8,10-13,27H,3-6H2,(H2,26,29)(H,30,31);3*1H. The fraction of sp³-hybridized carbons (Fsp3) is 0.217. The van der Waals surface area contributed by atoms with Gasteiger partial charge in [-0.15, -0.1) is 37.2 Å². The van der Waals surface area contributed by atoms with Crippen LogP contribution in [0.3, 0.4) is 0 Å². The van der Waals surface area contributed by atoms with E-state index in [2.05, 4.69) is 31.6 Å². The van der Waals surface area contributed by atoms with E-state index in [4.69, 9.17) is 5.73 Å². The summed E-state index contributed by atoms with van der Waals surface area (Å²) < 4.78 is 14.2. The third-order valence-electron chi connectivity index (χ3n) is 5.87. The number of anilines is 1. The van der Waals surface area contributed by atoms with E-state index in [0.717, 1.165) is 42.8 Å². The summed E-state index contributed by atoms with van der Waals surface area (Å²) in [7, 11) is 0. The zero-order valence-corrected chi connectivity index (χ0v) is 20.4. The van der Waals surface area contributed by atoms with Crippen molar-refractivity contribution in [3.63, 3.8) is 0 Å². The molecule has 4 aromatic rings. The summed E-state index contributed by atoms with van der Waals surface area (Å²) in [6.45, 7) is 1.95. The molecule has 1 fully saturated rings. The van der Waals surface area contributed by atoms with Crippen molar-refractivity contribution in [1.29, 1.82) is 5.26 Å². The highest BCUT2D eigenvalue weighted by Gasteiger charge is 2.22. The molecule has 1 aromatic carbocycles. The summed E-state index contributed by atoms with van der Waals surface area (Å²) in [4.78, 5) is 8.79. The molecule has 0 spiro atoms. The number of hydrogen-bond donors (Lipinski definition) is 3. The van der Waals surface area contributed by atoms with Crippen molar-refractivity contribution in [3.8, 4) is 28.5 Å². The second kappa shape index (κ2) is 11.4. The maximum absolute atomic E-state index is 14.2. The predicted molar refractivity (Wildman–Crippen MR) is 138 cm³/mol. The van der Waals surface area contributed by atoms with E-state index in [0.29, 0.717) is 39.3 Å². The minimum atomic E-state index is -0.419. The lowest BCUT2D eigenvalue weighted by Crippen LogP contribution is -2.27. The first kappa shape index (κ1) is 27.3. The number of halogens is 4. The van der Waals surface area contributed by atoms with Crippen LogP contribution in [0.5, 0.6) is 0 Å². The molecule has 7 nitrogen and oxygen atoms in total. The van der Waals surface area contributed by atoms with E-state index in [1.807, 2.05) is 12.3 Å². The van der Waals surface area contributed by atoms with Crippen LogP contribution < -0.4 is 11.1 Å². The average molecular weight is 523 g/mol. The number of pyridine rings is 2. The monoisotopic (exact) mass is 521 g/mol. The van der Waals surface area contributed by atoms with Crippen molar-refractivity contribution in [2.24, 2.45) is 0 Å². The van der Waals surface area contributed by atoms with Crippen LogP contribution in [0.25, 0.3) is 33.2 Å². The maximum Gasteiger partial charge on any atom is 0.132 e. The maximum atomic E-state index is 14.2. The van der Waals surface area contributed by atoms with Crippen molar-refractivity contribution >= 4 is 53.8 Å². The molecular weight excluding hydrogens is 500 g/mol. The SMILES string of the molecule is Cl.Cl.Cl.N#Cc1ccc(F)c2cnc(-c3cc(-c4c[nH]nc4C4CCNCC4)cnc3N)cc12. The van der Waals surface area contributed by atoms with E-state index < -0.39 is 5.82 Å². The molecule has 4 N–H and O–H groups in total. The number of hydrogen-bond acceptors (Lipinski definition) is 6. The molecule has 178 valence electrons. The van der Waals surface area contributed by atoms with Gasteiger partial charge in [-0.2, -0.15) is 10.4 Å². The van der Waals surface area contributed by atoms with Crippen molar-refractivity contribution in [2.75, 3.05) is 18.8 Å². The molecule has 5 rings (SSSR count). The fourth-order valence-electron chi connectivity index (χ4n) is 4.22. The van der Waals surface area contributed by atoms with Crippen molar-refractivity contribution in [2.45, 2.75) is 18.8 Å². The molecule has 1 aliphatic heterocycles. The number of aromatic nitrogens is 4. The van der Waals surface area contributed by atoms with E-state index >= 15 is 0 Å². The number of nitrogen functional groups attached to an aromatic ring is 1. The van der Waals surface area contributed by atoms with Gasteiger partial charge in [-0.25, -0.2) is 9.37 Å². The third-order valence-corrected chi connectivity index (χ3v) is 5.87. The smallest absolute Gasteiger partial charge is 0.132 e. The Balaban J connectivity index is 0.00000136. The zero-order valence-electron chi connectivity index (χ0n) is 17.9. The number of H-pyrrole nitrogens is 1. The minimum Gasteiger partial charge on any atom is -0.383 e. The Morgan fingerprint density at radius 2 is 1.76 bits per heavy atom. The first-order valence-electron chi connectivity index (χ1n) is 10.1. The van der Waals surface area contributed by atoms with Crippen molar-refractivity contribution in [3.05, 3.63) is 59.9 Å². The molecule has 0 aliphatic carbocycles. The number of piperidine rings is 1. The molecule has 0 atom stereocenters. The van der Waals surface area contributed by atoms with Gasteiger partial charge in [0.1, 0.15) is 11.6 Å². The summed E-state index contributed by atoms with van der Waals surface area (Å²) in [5, 5.41) is 21.1. The normalized spacial score (nSPS) is 13.3. The molecule has 11 heteroatoms. The Labute approximate surface area is 214 Å². The van der Waals surface area contributed by atoms with E-state index in [9.17, 15) is 9.65 Å². The molecule has 0 amide bonds. The number of aromatic amines is 1. The van der Waals surface area contributed by atoms with Gasteiger partial charge in [0.2, 0.25) is 0 Å². The predicted octanol–water partition coefficient (Wildman–Crippen LogP) is 5.01. The number of nitriles is 1. The first-order valence-corrected chi connectivity index (χ1v) is 10.1. The van der Waals surface area contributed by atoms with Crippen LogP contribution in [0.4, 0.5) is 10.2 Å². The number of nitrogens with one attached hydrogen (secondary N) is 2. The molecule has 0 bridgehead atoms. The molecule has 0 unspecified atom stereocenters. The summed E-state index contributed by atoms with van der Waals surface area (Å²) in [5.41, 5.74) is 10.6. The molecule has 0 saturated carbocycles. The van der Waals surface area contributed by atoms with Gasteiger partial charge in [-0.1, -0.05) is 0 Å². The number of benzene rings is 1. The number of fused-ring (bicyclic) bond motifs is 1. The van der Waals surface area contributed by atoms with Gasteiger partial charge < -0.3 is 11.1 Å². The van der Waals surface area contributed by atoms with Gasteiger partial charge in [-0.05, 0) is 50.2 Å². The number of nitrogens with zero attached hydrogens (tertiary/aromatic N) is 4. The molecule has 1 saturated heterocycles. The van der Waals surface area contributed by atoms with E-state index in [1.165, 1.54) is 18.3 Å². The van der Waals surface area contributed by atoms with Crippen LogP contribution in [-0.2, 0) is 0 Å². The van der Waals surface area contributed by atoms with Gasteiger partial charge in [0, 0.05) is 52.0 Å². The second-order valence-corrected chi connectivity index (χ2v) is 7.69. The molecule has 34 heavy (non-hydrogen) atoms. The quantitative estimate of drug-likeness (QED) is 0.348. The van der Waals surface area contributed by atoms with Crippen LogP contribution in [-0.4, -0.2) is 33.3 Å². The highest BCUT2D eigenvalue weighted by molar-refractivity contribution is 5.92. The largest absolute Gasteiger partial charge is 0.383 e. The highest BCUT2D eigenvalue weighted by Crippen LogP contribution is 2.35. The average Bonchev–Trinajstić information content (AvgIpc) is 3.30. The van der Waals surface area contributed by atoms with Crippen LogP contribution in [0.15, 0.2) is 42.9 Å². The Bertz CT molecular complexity index is 1330. The van der Waals surface area contributed by atoms with Crippen molar-refractivity contribution in [1.82, 2.24) is 25.5 Å². The van der Waals surface area contributed by atoms with Crippen LogP contribution in [0.2, 0.25) is 0 Å². The topological polar surface area (TPSA) is 116 Å².